The van der Waals surface area contributed by atoms with Gasteiger partial charge in [0.15, 0.2) is 0 Å². The predicted molar refractivity (Wildman–Crippen MR) is 348 cm³/mol. The van der Waals surface area contributed by atoms with Gasteiger partial charge in [0.05, 0.1) is 0 Å². The maximum atomic E-state index is 6.50. The first kappa shape index (κ1) is 45.1. The molecule has 0 N–H and O–H groups in total. The molecule has 0 saturated heterocycles. The van der Waals surface area contributed by atoms with E-state index in [2.05, 4.69) is 279 Å². The third-order valence-electron chi connectivity index (χ3n) is 17.9. The van der Waals surface area contributed by atoms with Crippen molar-refractivity contribution in [1.82, 2.24) is 0 Å². The Kier molecular flexibility index (Phi) is 9.54. The molecule has 0 fully saturated rings. The Morgan fingerprint density at radius 1 is 0.159 bits per heavy atom. The van der Waals surface area contributed by atoms with Gasteiger partial charge in [-0.2, -0.15) is 0 Å². The van der Waals surface area contributed by atoms with E-state index in [0.29, 0.717) is 0 Å². The molecule has 378 valence electrons. The fourth-order valence-electron chi connectivity index (χ4n) is 14.4. The summed E-state index contributed by atoms with van der Waals surface area (Å²) in [4.78, 5) is 0. The smallest absolute Gasteiger partial charge is 0.136 e. The molecule has 0 amide bonds. The molecule has 0 atom stereocenters. The quantitative estimate of drug-likeness (QED) is 0.161. The SMILES string of the molecule is c1ccc2c(-c3cccc4c(-c5c6cccc(-c7cccc8c7ccc7oc9ccccc9c78)c6cc6c(-c7cccc8c7ccc7oc9ccccc9c78)cccc56)c5cccc(-c6cccc7ccccc67)c5cc34)cccc2c1. The van der Waals surface area contributed by atoms with Crippen molar-refractivity contribution in [3.05, 3.63) is 279 Å². The summed E-state index contributed by atoms with van der Waals surface area (Å²) in [7, 11) is 0. The molecule has 0 aliphatic heterocycles. The van der Waals surface area contributed by atoms with E-state index in [9.17, 15) is 0 Å². The van der Waals surface area contributed by atoms with Gasteiger partial charge in [0, 0.05) is 21.5 Å². The lowest BCUT2D eigenvalue weighted by atomic mass is 9.80. The highest BCUT2D eigenvalue weighted by atomic mass is 16.3. The summed E-state index contributed by atoms with van der Waals surface area (Å²) in [5, 5.41) is 23.8. The van der Waals surface area contributed by atoms with E-state index >= 15 is 0 Å². The molecule has 18 aromatic rings. The van der Waals surface area contributed by atoms with Crippen LogP contribution in [0.4, 0.5) is 0 Å². The summed E-state index contributed by atoms with van der Waals surface area (Å²) in [6.07, 6.45) is 0. The van der Waals surface area contributed by atoms with Crippen molar-refractivity contribution in [2.24, 2.45) is 0 Å². The molecule has 2 heterocycles. The molecule has 82 heavy (non-hydrogen) atoms. The zero-order valence-corrected chi connectivity index (χ0v) is 44.4. The summed E-state index contributed by atoms with van der Waals surface area (Å²) in [5.74, 6) is 0. The van der Waals surface area contributed by atoms with Crippen LogP contribution in [0.5, 0.6) is 0 Å². The lowest BCUT2D eigenvalue weighted by molar-refractivity contribution is 0.669. The Labute approximate surface area is 470 Å². The number of fused-ring (bicyclic) bond motifs is 16. The van der Waals surface area contributed by atoms with Crippen molar-refractivity contribution in [3.8, 4) is 55.6 Å². The first-order chi connectivity index (χ1) is 40.7. The van der Waals surface area contributed by atoms with Crippen LogP contribution in [0.15, 0.2) is 288 Å². The Morgan fingerprint density at radius 3 is 0.805 bits per heavy atom. The van der Waals surface area contributed by atoms with E-state index in [1.54, 1.807) is 0 Å². The molecule has 0 unspecified atom stereocenters. The molecular formula is C80H46O2. The van der Waals surface area contributed by atoms with Gasteiger partial charge in [-0.3, -0.25) is 0 Å². The summed E-state index contributed by atoms with van der Waals surface area (Å²) in [5.41, 5.74) is 15.6. The van der Waals surface area contributed by atoms with Crippen LogP contribution >= 0.6 is 0 Å². The fraction of sp³-hybridized carbons (Fsp3) is 0. The lowest BCUT2D eigenvalue weighted by Gasteiger charge is -2.22. The first-order valence-electron chi connectivity index (χ1n) is 28.3. The summed E-state index contributed by atoms with van der Waals surface area (Å²) in [6, 6.07) is 103. The molecule has 16 aromatic carbocycles. The van der Waals surface area contributed by atoms with Crippen LogP contribution in [-0.2, 0) is 0 Å². The van der Waals surface area contributed by atoms with Crippen LogP contribution in [0.2, 0.25) is 0 Å². The molecule has 0 aliphatic rings. The van der Waals surface area contributed by atoms with E-state index in [1.165, 1.54) is 142 Å². The highest BCUT2D eigenvalue weighted by Gasteiger charge is 2.24. The van der Waals surface area contributed by atoms with Crippen LogP contribution < -0.4 is 0 Å². The van der Waals surface area contributed by atoms with Crippen LogP contribution in [0, 0.1) is 0 Å². The number of furan rings is 2. The molecule has 2 heteroatoms. The summed E-state index contributed by atoms with van der Waals surface area (Å²) in [6.45, 7) is 0. The number of benzene rings is 16. The Bertz CT molecular complexity index is 5410. The van der Waals surface area contributed by atoms with Crippen LogP contribution in [-0.4, -0.2) is 0 Å². The second-order valence-electron chi connectivity index (χ2n) is 22.0. The van der Waals surface area contributed by atoms with E-state index in [-0.39, 0.29) is 0 Å². The van der Waals surface area contributed by atoms with E-state index in [1.807, 2.05) is 0 Å². The van der Waals surface area contributed by atoms with Gasteiger partial charge in [-0.05, 0) is 178 Å². The monoisotopic (exact) mass is 1040 g/mol. The van der Waals surface area contributed by atoms with E-state index in [4.69, 9.17) is 8.83 Å². The summed E-state index contributed by atoms with van der Waals surface area (Å²) < 4.78 is 13.0. The average Bonchev–Trinajstić information content (AvgIpc) is 1.68. The van der Waals surface area contributed by atoms with Crippen molar-refractivity contribution in [1.29, 1.82) is 0 Å². The van der Waals surface area contributed by atoms with Crippen LogP contribution in [0.1, 0.15) is 0 Å². The van der Waals surface area contributed by atoms with Crippen molar-refractivity contribution < 1.29 is 8.83 Å². The van der Waals surface area contributed by atoms with Crippen molar-refractivity contribution in [2.75, 3.05) is 0 Å². The van der Waals surface area contributed by atoms with Crippen LogP contribution in [0.25, 0.3) is 186 Å². The Morgan fingerprint density at radius 2 is 0.427 bits per heavy atom. The zero-order chi connectivity index (χ0) is 53.6. The molecule has 2 nitrogen and oxygen atoms in total. The minimum atomic E-state index is 0.894. The highest BCUT2D eigenvalue weighted by molar-refractivity contribution is 6.31. The van der Waals surface area contributed by atoms with Gasteiger partial charge in [-0.15, -0.1) is 0 Å². The molecule has 18 rings (SSSR count). The number of hydrogen-bond donors (Lipinski definition) is 0. The molecule has 0 spiro atoms. The Balaban J connectivity index is 1.01. The van der Waals surface area contributed by atoms with Gasteiger partial charge in [-0.1, -0.05) is 243 Å². The number of hydrogen-bond acceptors (Lipinski definition) is 2. The number of rotatable bonds is 5. The second kappa shape index (κ2) is 17.3. The summed E-state index contributed by atoms with van der Waals surface area (Å²) >= 11 is 0. The van der Waals surface area contributed by atoms with Gasteiger partial charge in [0.1, 0.15) is 22.3 Å². The minimum Gasteiger partial charge on any atom is -0.456 e. The highest BCUT2D eigenvalue weighted by Crippen LogP contribution is 2.52. The fourth-order valence-corrected chi connectivity index (χ4v) is 14.4. The van der Waals surface area contributed by atoms with Gasteiger partial charge in [0.2, 0.25) is 0 Å². The maximum absolute atomic E-state index is 6.50. The van der Waals surface area contributed by atoms with E-state index < -0.39 is 0 Å². The second-order valence-corrected chi connectivity index (χ2v) is 22.0. The molecule has 0 saturated carbocycles. The minimum absolute atomic E-state index is 0.894. The maximum Gasteiger partial charge on any atom is 0.136 e. The van der Waals surface area contributed by atoms with Gasteiger partial charge >= 0.3 is 0 Å². The molecule has 2 aromatic heterocycles. The topological polar surface area (TPSA) is 26.3 Å². The predicted octanol–water partition coefficient (Wildman–Crippen LogP) is 23.0. The largest absolute Gasteiger partial charge is 0.456 e. The third kappa shape index (κ3) is 6.46. The molecule has 0 radical (unpaired) electrons. The molecule has 0 aliphatic carbocycles. The Hall–Kier alpha value is -10.8. The third-order valence-corrected chi connectivity index (χ3v) is 17.9. The number of para-hydroxylation sites is 2. The van der Waals surface area contributed by atoms with Crippen molar-refractivity contribution in [2.45, 2.75) is 0 Å². The van der Waals surface area contributed by atoms with Gasteiger partial charge in [-0.25, -0.2) is 0 Å². The average molecular weight is 1040 g/mol. The van der Waals surface area contributed by atoms with E-state index in [0.717, 1.165) is 43.9 Å². The first-order valence-corrected chi connectivity index (χ1v) is 28.3. The van der Waals surface area contributed by atoms with Crippen molar-refractivity contribution in [3.63, 3.8) is 0 Å². The molecule has 0 bridgehead atoms. The molecular weight excluding hydrogens is 993 g/mol. The van der Waals surface area contributed by atoms with Gasteiger partial charge < -0.3 is 8.83 Å². The van der Waals surface area contributed by atoms with Gasteiger partial charge in [0.25, 0.3) is 0 Å². The zero-order valence-electron chi connectivity index (χ0n) is 44.4. The lowest BCUT2D eigenvalue weighted by Crippen LogP contribution is -1.95. The standard InChI is InChI=1S/C80H46O2/c1-3-21-49-47(17-1)19-9-25-51(49)55-29-13-35-63-69(55)45-70-56(52-26-10-20-48-18-2-4-22-50(48)52)30-14-36-64(70)79(63)80-65-37-15-31-57(53-27-11-33-61-59(53)41-43-75-77(61)67-23-5-7-39-73(67)81-75)71(65)46-72-58(32-16-38-66(72)80)54-28-12-34-62-60(54)42-44-76-78(62)68-24-6-8-40-74(68)82-76/h1-46H. The normalized spacial score (nSPS) is 12.1. The van der Waals surface area contributed by atoms with Crippen molar-refractivity contribution >= 4 is 130 Å². The van der Waals surface area contributed by atoms with Crippen LogP contribution in [0.3, 0.4) is 0 Å².